The van der Waals surface area contributed by atoms with E-state index in [0.29, 0.717) is 10.6 Å². The third-order valence-electron chi connectivity index (χ3n) is 4.93. The topological polar surface area (TPSA) is 55.4 Å². The second kappa shape index (κ2) is 7.68. The number of nitrogens with one attached hydrogen (secondary N) is 1. The van der Waals surface area contributed by atoms with Gasteiger partial charge in [-0.25, -0.2) is 4.79 Å². The largest absolute Gasteiger partial charge is 0.459 e. The van der Waals surface area contributed by atoms with Crippen molar-refractivity contribution >= 4 is 28.2 Å². The van der Waals surface area contributed by atoms with Gasteiger partial charge >= 0.3 is 5.97 Å². The van der Waals surface area contributed by atoms with Crippen molar-refractivity contribution in [1.82, 2.24) is 0 Å². The monoisotopic (exact) mass is 349 g/mol. The van der Waals surface area contributed by atoms with Crippen LogP contribution in [0.1, 0.15) is 79.6 Å². The first-order chi connectivity index (χ1) is 11.6. The van der Waals surface area contributed by atoms with Crippen molar-refractivity contribution in [3.05, 3.63) is 16.0 Å². The van der Waals surface area contributed by atoms with Gasteiger partial charge in [0.05, 0.1) is 11.7 Å². The maximum Gasteiger partial charge on any atom is 0.341 e. The number of anilines is 1. The molecule has 0 unspecified atom stereocenters. The van der Waals surface area contributed by atoms with Crippen LogP contribution in [0.2, 0.25) is 0 Å². The van der Waals surface area contributed by atoms with E-state index in [2.05, 4.69) is 5.32 Å². The molecule has 0 aromatic carbocycles. The van der Waals surface area contributed by atoms with Crippen LogP contribution in [-0.4, -0.2) is 18.0 Å². The van der Waals surface area contributed by atoms with Crippen molar-refractivity contribution in [1.29, 1.82) is 0 Å². The second-order valence-corrected chi connectivity index (χ2v) is 8.30. The Labute approximate surface area is 148 Å². The van der Waals surface area contributed by atoms with Gasteiger partial charge in [-0.15, -0.1) is 11.3 Å². The molecule has 0 aliphatic heterocycles. The Hall–Kier alpha value is -1.36. The first-order valence-electron chi connectivity index (χ1n) is 9.22. The van der Waals surface area contributed by atoms with Gasteiger partial charge in [0.1, 0.15) is 5.00 Å². The number of carbonyl (C=O) groups excluding carboxylic acids is 2. The summed E-state index contributed by atoms with van der Waals surface area (Å²) in [7, 11) is 0. The van der Waals surface area contributed by atoms with Gasteiger partial charge in [0.15, 0.2) is 0 Å². The molecule has 132 valence electrons. The summed E-state index contributed by atoms with van der Waals surface area (Å²) in [5.41, 5.74) is 1.73. The third-order valence-corrected chi connectivity index (χ3v) is 6.14. The Balaban J connectivity index is 1.84. The lowest BCUT2D eigenvalue weighted by atomic mass is 9.88. The molecule has 1 N–H and O–H groups in total. The maximum atomic E-state index is 12.6. The molecule has 4 nitrogen and oxygen atoms in total. The minimum atomic E-state index is -0.289. The quantitative estimate of drug-likeness (QED) is 0.801. The van der Waals surface area contributed by atoms with Gasteiger partial charge in [-0.3, -0.25) is 4.79 Å². The highest BCUT2D eigenvalue weighted by Crippen LogP contribution is 2.39. The molecule has 1 fully saturated rings. The molecule has 0 atom stereocenters. The average Bonchev–Trinajstić information content (AvgIpc) is 2.92. The highest BCUT2D eigenvalue weighted by atomic mass is 32.1. The van der Waals surface area contributed by atoms with Gasteiger partial charge in [0.2, 0.25) is 5.91 Å². The van der Waals surface area contributed by atoms with Crippen LogP contribution in [-0.2, 0) is 22.4 Å². The number of hydrogen-bond donors (Lipinski definition) is 1. The fourth-order valence-corrected chi connectivity index (χ4v) is 5.00. The smallest absolute Gasteiger partial charge is 0.341 e. The van der Waals surface area contributed by atoms with Gasteiger partial charge < -0.3 is 10.1 Å². The number of carbonyl (C=O) groups is 2. The molecule has 1 saturated carbocycles. The molecule has 2 aliphatic carbocycles. The molecule has 0 spiro atoms. The molecule has 1 heterocycles. The van der Waals surface area contributed by atoms with Crippen molar-refractivity contribution in [2.75, 3.05) is 5.32 Å². The third kappa shape index (κ3) is 3.82. The SMILES string of the molecule is CC(C)OC(=O)c1c(NC(=O)C2CCCCC2)sc2c1CCCC2. The second-order valence-electron chi connectivity index (χ2n) is 7.19. The van der Waals surface area contributed by atoms with Crippen molar-refractivity contribution in [2.45, 2.75) is 77.7 Å². The standard InChI is InChI=1S/C19H27NO3S/c1-12(2)23-19(22)16-14-10-6-7-11-15(14)24-18(16)20-17(21)13-8-4-3-5-9-13/h12-13H,3-11H2,1-2H3,(H,20,21). The fraction of sp³-hybridized carbons (Fsp3) is 0.684. The van der Waals surface area contributed by atoms with Gasteiger partial charge in [0.25, 0.3) is 0 Å². The molecule has 2 aliphatic rings. The van der Waals surface area contributed by atoms with E-state index in [1.54, 1.807) is 11.3 Å². The molecule has 1 aromatic rings. The van der Waals surface area contributed by atoms with Crippen LogP contribution in [0, 0.1) is 5.92 Å². The summed E-state index contributed by atoms with van der Waals surface area (Å²) >= 11 is 1.58. The van der Waals surface area contributed by atoms with E-state index in [4.69, 9.17) is 4.74 Å². The molecule has 0 bridgehead atoms. The normalized spacial score (nSPS) is 18.3. The van der Waals surface area contributed by atoms with Gasteiger partial charge in [0, 0.05) is 10.8 Å². The van der Waals surface area contributed by atoms with Gasteiger partial charge in [-0.1, -0.05) is 19.3 Å². The zero-order chi connectivity index (χ0) is 17.1. The number of thiophene rings is 1. The van der Waals surface area contributed by atoms with E-state index in [-0.39, 0.29) is 23.9 Å². The summed E-state index contributed by atoms with van der Waals surface area (Å²) in [6, 6.07) is 0. The highest BCUT2D eigenvalue weighted by molar-refractivity contribution is 7.17. The first kappa shape index (κ1) is 17.5. The fourth-order valence-electron chi connectivity index (χ4n) is 3.72. The van der Waals surface area contributed by atoms with E-state index in [0.717, 1.165) is 56.9 Å². The van der Waals surface area contributed by atoms with E-state index in [1.165, 1.54) is 11.3 Å². The summed E-state index contributed by atoms with van der Waals surface area (Å²) in [4.78, 5) is 26.5. The molecule has 1 amide bonds. The lowest BCUT2D eigenvalue weighted by molar-refractivity contribution is -0.120. The zero-order valence-electron chi connectivity index (χ0n) is 14.7. The van der Waals surface area contributed by atoms with Crippen LogP contribution < -0.4 is 5.32 Å². The predicted octanol–water partition coefficient (Wildman–Crippen LogP) is 4.71. The molecule has 1 aromatic heterocycles. The van der Waals surface area contributed by atoms with E-state index >= 15 is 0 Å². The molecule has 5 heteroatoms. The number of hydrogen-bond acceptors (Lipinski definition) is 4. The number of rotatable bonds is 4. The number of esters is 1. The number of aryl methyl sites for hydroxylation is 1. The summed E-state index contributed by atoms with van der Waals surface area (Å²) < 4.78 is 5.44. The maximum absolute atomic E-state index is 12.6. The van der Waals surface area contributed by atoms with Crippen LogP contribution in [0.15, 0.2) is 0 Å². The first-order valence-corrected chi connectivity index (χ1v) is 10.0. The van der Waals surface area contributed by atoms with Crippen LogP contribution in [0.5, 0.6) is 0 Å². The predicted molar refractivity (Wildman–Crippen MR) is 96.7 cm³/mol. The summed E-state index contributed by atoms with van der Waals surface area (Å²) in [5, 5.41) is 3.78. The van der Waals surface area contributed by atoms with Crippen LogP contribution in [0.25, 0.3) is 0 Å². The molecule has 24 heavy (non-hydrogen) atoms. The Morgan fingerprint density at radius 2 is 1.79 bits per heavy atom. The Kier molecular flexibility index (Phi) is 5.59. The minimum Gasteiger partial charge on any atom is -0.459 e. The average molecular weight is 349 g/mol. The number of amides is 1. The Morgan fingerprint density at radius 1 is 1.08 bits per heavy atom. The van der Waals surface area contributed by atoms with Crippen LogP contribution in [0.3, 0.4) is 0 Å². The molecule has 3 rings (SSSR count). The van der Waals surface area contributed by atoms with Crippen molar-refractivity contribution in [3.8, 4) is 0 Å². The van der Waals surface area contributed by atoms with Crippen molar-refractivity contribution in [3.63, 3.8) is 0 Å². The highest BCUT2D eigenvalue weighted by Gasteiger charge is 2.29. The summed E-state index contributed by atoms with van der Waals surface area (Å²) in [6.07, 6.45) is 9.41. The summed E-state index contributed by atoms with van der Waals surface area (Å²) in [6.45, 7) is 3.72. The van der Waals surface area contributed by atoms with Gasteiger partial charge in [-0.2, -0.15) is 0 Å². The number of ether oxygens (including phenoxy) is 1. The Morgan fingerprint density at radius 3 is 2.50 bits per heavy atom. The van der Waals surface area contributed by atoms with Crippen LogP contribution in [0.4, 0.5) is 5.00 Å². The Bertz CT molecular complexity index is 614. The molecular weight excluding hydrogens is 322 g/mol. The molecular formula is C19H27NO3S. The zero-order valence-corrected chi connectivity index (χ0v) is 15.5. The lowest BCUT2D eigenvalue weighted by Gasteiger charge is -2.20. The van der Waals surface area contributed by atoms with E-state index < -0.39 is 0 Å². The summed E-state index contributed by atoms with van der Waals surface area (Å²) in [5.74, 6) is -0.123. The lowest BCUT2D eigenvalue weighted by Crippen LogP contribution is -2.25. The molecule has 0 radical (unpaired) electrons. The number of fused-ring (bicyclic) bond motifs is 1. The van der Waals surface area contributed by atoms with Crippen molar-refractivity contribution < 1.29 is 14.3 Å². The van der Waals surface area contributed by atoms with E-state index in [1.807, 2.05) is 13.8 Å². The minimum absolute atomic E-state index is 0.0758. The van der Waals surface area contributed by atoms with Crippen molar-refractivity contribution in [2.24, 2.45) is 5.92 Å². The van der Waals surface area contributed by atoms with E-state index in [9.17, 15) is 9.59 Å². The van der Waals surface area contributed by atoms with Gasteiger partial charge in [-0.05, 0) is 57.9 Å². The van der Waals surface area contributed by atoms with Crippen LogP contribution >= 0.6 is 11.3 Å². The molecule has 0 saturated heterocycles.